The third-order valence-electron chi connectivity index (χ3n) is 8.97. The Bertz CT molecular complexity index is 538. The van der Waals surface area contributed by atoms with Crippen molar-refractivity contribution < 1.29 is 9.59 Å². The van der Waals surface area contributed by atoms with Gasteiger partial charge in [0.25, 0.3) is 0 Å². The molecule has 0 radical (unpaired) electrons. The Hall–Kier alpha value is -0.660. The minimum Gasteiger partial charge on any atom is -0.300 e. The molecule has 4 rings (SSSR count). The number of fused-ring (bicyclic) bond motifs is 5. The van der Waals surface area contributed by atoms with Crippen molar-refractivity contribution in [2.45, 2.75) is 78.6 Å². The molecule has 0 N–H and O–H groups in total. The highest BCUT2D eigenvalue weighted by Crippen LogP contribution is 2.67. The van der Waals surface area contributed by atoms with Gasteiger partial charge in [-0.15, -0.1) is 0 Å². The SMILES string of the molecule is CC(=O)[C@@H]1CC[C@@H]2[C@H]3CC[C@H]4CC(=O)CC[C@]4(C)[C@@H]3CC[C@@]21C. The van der Waals surface area contributed by atoms with Crippen LogP contribution in [0.1, 0.15) is 78.6 Å². The molecule has 0 aromatic carbocycles. The molecule has 0 aromatic heterocycles. The molecule has 7 atom stereocenters. The predicted octanol–water partition coefficient (Wildman–Crippen LogP) is 4.80. The summed E-state index contributed by atoms with van der Waals surface area (Å²) in [5.41, 5.74) is 0.660. The van der Waals surface area contributed by atoms with Crippen LogP contribution in [0.25, 0.3) is 0 Å². The highest BCUT2D eigenvalue weighted by molar-refractivity contribution is 5.80. The maximum Gasteiger partial charge on any atom is 0.133 e. The van der Waals surface area contributed by atoms with E-state index in [1.807, 2.05) is 6.92 Å². The van der Waals surface area contributed by atoms with Gasteiger partial charge in [-0.1, -0.05) is 13.8 Å². The Balaban J connectivity index is 1.63. The van der Waals surface area contributed by atoms with Gasteiger partial charge in [0.2, 0.25) is 0 Å². The molecule has 0 aliphatic heterocycles. The lowest BCUT2D eigenvalue weighted by atomic mass is 9.44. The molecule has 4 aliphatic carbocycles. The van der Waals surface area contributed by atoms with Gasteiger partial charge >= 0.3 is 0 Å². The second-order valence-electron chi connectivity index (χ2n) is 9.68. The van der Waals surface area contributed by atoms with E-state index in [1.54, 1.807) is 0 Å². The molecule has 0 aromatic rings. The van der Waals surface area contributed by atoms with E-state index in [4.69, 9.17) is 0 Å². The largest absolute Gasteiger partial charge is 0.300 e. The van der Waals surface area contributed by atoms with Crippen molar-refractivity contribution in [3.63, 3.8) is 0 Å². The molecule has 23 heavy (non-hydrogen) atoms. The van der Waals surface area contributed by atoms with Crippen LogP contribution >= 0.6 is 0 Å². The first-order valence-electron chi connectivity index (χ1n) is 9.88. The maximum absolute atomic E-state index is 12.2. The summed E-state index contributed by atoms with van der Waals surface area (Å²) in [4.78, 5) is 24.1. The lowest BCUT2D eigenvalue weighted by molar-refractivity contribution is -0.143. The van der Waals surface area contributed by atoms with Gasteiger partial charge in [0.1, 0.15) is 11.6 Å². The first-order chi connectivity index (χ1) is 10.9. The zero-order chi connectivity index (χ0) is 16.4. The molecule has 0 amide bonds. The van der Waals surface area contributed by atoms with E-state index in [9.17, 15) is 9.59 Å². The molecule has 0 saturated heterocycles. The minimum atomic E-state index is 0.265. The fourth-order valence-corrected chi connectivity index (χ4v) is 7.71. The smallest absolute Gasteiger partial charge is 0.133 e. The second kappa shape index (κ2) is 5.17. The fraction of sp³-hybridized carbons (Fsp3) is 0.905. The van der Waals surface area contributed by atoms with E-state index in [-0.39, 0.29) is 5.41 Å². The number of hydrogen-bond donors (Lipinski definition) is 0. The standard InChI is InChI=1S/C21H32O2/c1-13(22)17-6-7-18-16-5-4-14-12-15(23)8-10-20(14,2)19(16)9-11-21(17,18)3/h14,16-19H,4-12H2,1-3H3/t14-,16+,17-,18+,19+,20-,21+/m0/s1. The summed E-state index contributed by atoms with van der Waals surface area (Å²) in [5.74, 6) is 4.25. The van der Waals surface area contributed by atoms with Crippen LogP contribution in [0.4, 0.5) is 0 Å². The molecule has 2 heteroatoms. The molecule has 0 heterocycles. The van der Waals surface area contributed by atoms with E-state index in [1.165, 1.54) is 32.1 Å². The Labute approximate surface area is 140 Å². The van der Waals surface area contributed by atoms with Gasteiger partial charge < -0.3 is 0 Å². The summed E-state index contributed by atoms with van der Waals surface area (Å²) < 4.78 is 0. The predicted molar refractivity (Wildman–Crippen MR) is 90.9 cm³/mol. The zero-order valence-corrected chi connectivity index (χ0v) is 15.1. The van der Waals surface area contributed by atoms with Crippen molar-refractivity contribution in [2.24, 2.45) is 40.4 Å². The number of Topliss-reactive ketones (excluding diaryl/α,β-unsaturated/α-hetero) is 2. The summed E-state index contributed by atoms with van der Waals surface area (Å²) in [5, 5.41) is 0. The molecule has 0 unspecified atom stereocenters. The van der Waals surface area contributed by atoms with Crippen LogP contribution in [0.5, 0.6) is 0 Å². The summed E-state index contributed by atoms with van der Waals surface area (Å²) in [6.45, 7) is 6.74. The monoisotopic (exact) mass is 316 g/mol. The lowest BCUT2D eigenvalue weighted by Crippen LogP contribution is -2.53. The van der Waals surface area contributed by atoms with Crippen LogP contribution in [-0.2, 0) is 9.59 Å². The number of carbonyl (C=O) groups is 2. The third-order valence-corrected chi connectivity index (χ3v) is 8.97. The molecule has 0 bridgehead atoms. The first-order valence-corrected chi connectivity index (χ1v) is 9.88. The molecular formula is C21H32O2. The van der Waals surface area contributed by atoms with Crippen LogP contribution in [0.2, 0.25) is 0 Å². The number of rotatable bonds is 1. The van der Waals surface area contributed by atoms with Gasteiger partial charge in [-0.3, -0.25) is 9.59 Å². The van der Waals surface area contributed by atoms with Crippen molar-refractivity contribution in [3.05, 3.63) is 0 Å². The van der Waals surface area contributed by atoms with Gasteiger partial charge in [-0.25, -0.2) is 0 Å². The average Bonchev–Trinajstić information content (AvgIpc) is 2.85. The van der Waals surface area contributed by atoms with Gasteiger partial charge in [0.15, 0.2) is 0 Å². The number of hydrogen-bond acceptors (Lipinski definition) is 2. The molecule has 2 nitrogen and oxygen atoms in total. The van der Waals surface area contributed by atoms with Crippen molar-refractivity contribution in [1.82, 2.24) is 0 Å². The summed E-state index contributed by atoms with van der Waals surface area (Å²) >= 11 is 0. The lowest BCUT2D eigenvalue weighted by Gasteiger charge is -2.60. The van der Waals surface area contributed by atoms with Crippen LogP contribution < -0.4 is 0 Å². The van der Waals surface area contributed by atoms with Gasteiger partial charge in [-0.05, 0) is 86.4 Å². The van der Waals surface area contributed by atoms with Crippen molar-refractivity contribution in [2.75, 3.05) is 0 Å². The van der Waals surface area contributed by atoms with E-state index >= 15 is 0 Å². The normalized spacial score (nSPS) is 52.5. The number of ketones is 2. The van der Waals surface area contributed by atoms with Gasteiger partial charge in [-0.2, -0.15) is 0 Å². The van der Waals surface area contributed by atoms with Gasteiger partial charge in [0, 0.05) is 18.8 Å². The third kappa shape index (κ3) is 2.12. The summed E-state index contributed by atoms with van der Waals surface area (Å²) in [7, 11) is 0. The highest BCUT2D eigenvalue weighted by atomic mass is 16.1. The van der Waals surface area contributed by atoms with Crippen LogP contribution in [0.3, 0.4) is 0 Å². The zero-order valence-electron chi connectivity index (χ0n) is 15.1. The summed E-state index contributed by atoms with van der Waals surface area (Å²) in [6, 6.07) is 0. The van der Waals surface area contributed by atoms with E-state index in [0.717, 1.165) is 43.4 Å². The fourth-order valence-electron chi connectivity index (χ4n) is 7.71. The molecule has 4 aliphatic rings. The Morgan fingerprint density at radius 1 is 0.957 bits per heavy atom. The summed E-state index contributed by atoms with van der Waals surface area (Å²) in [6.07, 6.45) is 10.3. The molecule has 0 spiro atoms. The minimum absolute atomic E-state index is 0.265. The van der Waals surface area contributed by atoms with E-state index in [2.05, 4.69) is 13.8 Å². The highest BCUT2D eigenvalue weighted by Gasteiger charge is 2.60. The van der Waals surface area contributed by atoms with Crippen molar-refractivity contribution in [1.29, 1.82) is 0 Å². The maximum atomic E-state index is 12.2. The van der Waals surface area contributed by atoms with E-state index in [0.29, 0.717) is 28.8 Å². The van der Waals surface area contributed by atoms with Crippen molar-refractivity contribution in [3.8, 4) is 0 Å². The second-order valence-corrected chi connectivity index (χ2v) is 9.68. The quantitative estimate of drug-likeness (QED) is 0.696. The topological polar surface area (TPSA) is 34.1 Å². The van der Waals surface area contributed by atoms with E-state index < -0.39 is 0 Å². The first kappa shape index (κ1) is 15.8. The molecule has 4 fully saturated rings. The Morgan fingerprint density at radius 2 is 1.70 bits per heavy atom. The molecular weight excluding hydrogens is 284 g/mol. The molecule has 4 saturated carbocycles. The Kier molecular flexibility index (Phi) is 3.56. The molecule has 128 valence electrons. The van der Waals surface area contributed by atoms with Crippen LogP contribution in [-0.4, -0.2) is 11.6 Å². The Morgan fingerprint density at radius 3 is 2.43 bits per heavy atom. The average molecular weight is 316 g/mol. The van der Waals surface area contributed by atoms with Crippen LogP contribution in [0, 0.1) is 40.4 Å². The van der Waals surface area contributed by atoms with Crippen LogP contribution in [0.15, 0.2) is 0 Å². The van der Waals surface area contributed by atoms with Gasteiger partial charge in [0.05, 0.1) is 0 Å². The van der Waals surface area contributed by atoms with Crippen molar-refractivity contribution >= 4 is 11.6 Å². The number of carbonyl (C=O) groups excluding carboxylic acids is 2.